The first-order valence-corrected chi connectivity index (χ1v) is 6.11. The molecule has 0 fully saturated rings. The lowest BCUT2D eigenvalue weighted by Crippen LogP contribution is -2.30. The molecule has 2 atom stereocenters. The Kier molecular flexibility index (Phi) is 22.3. The number of carbonyl (C=O) groups is 3. The SMILES string of the molecule is NCCCC[C@H](N)C(=O)O.N[C@@H](CCC(=O)O)C(=O)O.O.O. The predicted molar refractivity (Wildman–Crippen MR) is 78.2 cm³/mol. The summed E-state index contributed by atoms with van der Waals surface area (Å²) in [6.45, 7) is 0.604. The highest BCUT2D eigenvalue weighted by Gasteiger charge is 2.12. The van der Waals surface area contributed by atoms with E-state index in [-0.39, 0.29) is 23.8 Å². The van der Waals surface area contributed by atoms with Crippen LogP contribution in [0.3, 0.4) is 0 Å². The van der Waals surface area contributed by atoms with Crippen LogP contribution in [-0.4, -0.2) is 62.8 Å². The Balaban J connectivity index is -0.000000135. The zero-order valence-corrected chi connectivity index (χ0v) is 12.2. The minimum atomic E-state index is -1.17. The van der Waals surface area contributed by atoms with E-state index in [9.17, 15) is 14.4 Å². The van der Waals surface area contributed by atoms with Crippen LogP contribution in [0, 0.1) is 0 Å². The summed E-state index contributed by atoms with van der Waals surface area (Å²) in [7, 11) is 0. The maximum Gasteiger partial charge on any atom is 0.320 e. The standard InChI is InChI=1S/C6H14N2O2.C5H9NO4.2H2O/c7-4-2-1-3-5(8)6(9)10;6-3(5(9)10)1-2-4(7)8;;/h5H,1-4,7-8H2,(H,9,10);3H,1-2,6H2,(H,7,8)(H,9,10);2*1H2/t5-;3-;;/m00../s1. The Morgan fingerprint density at radius 3 is 1.55 bits per heavy atom. The smallest absolute Gasteiger partial charge is 0.320 e. The van der Waals surface area contributed by atoms with Crippen molar-refractivity contribution in [2.24, 2.45) is 17.2 Å². The molecule has 11 heteroatoms. The van der Waals surface area contributed by atoms with E-state index in [0.29, 0.717) is 13.0 Å². The molecule has 0 aromatic carbocycles. The largest absolute Gasteiger partial charge is 0.481 e. The third-order valence-electron chi connectivity index (χ3n) is 2.27. The van der Waals surface area contributed by atoms with E-state index in [1.807, 2.05) is 0 Å². The van der Waals surface area contributed by atoms with E-state index in [1.54, 1.807) is 0 Å². The van der Waals surface area contributed by atoms with E-state index in [0.717, 1.165) is 12.8 Å². The van der Waals surface area contributed by atoms with Gasteiger partial charge in [0.2, 0.25) is 0 Å². The summed E-state index contributed by atoms with van der Waals surface area (Å²) in [5, 5.41) is 24.6. The van der Waals surface area contributed by atoms with Crippen LogP contribution >= 0.6 is 0 Å². The van der Waals surface area contributed by atoms with E-state index in [2.05, 4.69) is 0 Å². The summed E-state index contributed by atoms with van der Waals surface area (Å²) in [5.41, 5.74) is 15.4. The molecule has 13 N–H and O–H groups in total. The van der Waals surface area contributed by atoms with Gasteiger partial charge in [-0.05, 0) is 25.8 Å². The molecule has 0 aliphatic rings. The van der Waals surface area contributed by atoms with E-state index in [4.69, 9.17) is 32.5 Å². The van der Waals surface area contributed by atoms with Crippen LogP contribution in [0.2, 0.25) is 0 Å². The molecule has 0 aromatic rings. The summed E-state index contributed by atoms with van der Waals surface area (Å²) >= 11 is 0. The van der Waals surface area contributed by atoms with Crippen molar-refractivity contribution in [3.63, 3.8) is 0 Å². The molecular formula is C11H27N3O8. The fraction of sp³-hybridized carbons (Fsp3) is 0.727. The second-order valence-corrected chi connectivity index (χ2v) is 4.11. The Bertz CT molecular complexity index is 314. The second-order valence-electron chi connectivity index (χ2n) is 4.11. The number of hydrogen-bond acceptors (Lipinski definition) is 6. The van der Waals surface area contributed by atoms with Crippen LogP contribution in [0.15, 0.2) is 0 Å². The van der Waals surface area contributed by atoms with Gasteiger partial charge in [-0.2, -0.15) is 0 Å². The van der Waals surface area contributed by atoms with Gasteiger partial charge in [0.25, 0.3) is 0 Å². The molecule has 0 unspecified atom stereocenters. The van der Waals surface area contributed by atoms with Crippen molar-refractivity contribution in [1.29, 1.82) is 0 Å². The van der Waals surface area contributed by atoms with Crippen molar-refractivity contribution >= 4 is 17.9 Å². The highest BCUT2D eigenvalue weighted by Crippen LogP contribution is 1.97. The molecule has 0 aromatic heterocycles. The first kappa shape index (κ1) is 28.4. The Hall–Kier alpha value is -1.79. The average Bonchev–Trinajstić information content (AvgIpc) is 2.36. The van der Waals surface area contributed by atoms with Gasteiger partial charge in [0, 0.05) is 6.42 Å². The van der Waals surface area contributed by atoms with Gasteiger partial charge in [0.05, 0.1) is 0 Å². The molecular weight excluding hydrogens is 302 g/mol. The molecule has 22 heavy (non-hydrogen) atoms. The van der Waals surface area contributed by atoms with Gasteiger partial charge in [-0.25, -0.2) is 0 Å². The lowest BCUT2D eigenvalue weighted by molar-refractivity contribution is -0.140. The maximum absolute atomic E-state index is 10.1. The third kappa shape index (κ3) is 20.5. The summed E-state index contributed by atoms with van der Waals surface area (Å²) < 4.78 is 0. The molecule has 0 aliphatic carbocycles. The third-order valence-corrected chi connectivity index (χ3v) is 2.27. The topological polar surface area (TPSA) is 253 Å². The quantitative estimate of drug-likeness (QED) is 0.237. The number of nitrogens with two attached hydrogens (primary N) is 3. The highest BCUT2D eigenvalue weighted by atomic mass is 16.4. The minimum Gasteiger partial charge on any atom is -0.481 e. The molecule has 0 amide bonds. The highest BCUT2D eigenvalue weighted by molar-refractivity contribution is 5.74. The molecule has 0 aliphatic heterocycles. The summed E-state index contributed by atoms with van der Waals surface area (Å²) in [5.74, 6) is -3.13. The van der Waals surface area contributed by atoms with E-state index < -0.39 is 30.0 Å². The zero-order chi connectivity index (χ0) is 16.1. The van der Waals surface area contributed by atoms with Crippen molar-refractivity contribution in [3.05, 3.63) is 0 Å². The molecule has 0 rings (SSSR count). The Morgan fingerprint density at radius 2 is 1.23 bits per heavy atom. The van der Waals surface area contributed by atoms with Crippen molar-refractivity contribution in [2.75, 3.05) is 6.54 Å². The van der Waals surface area contributed by atoms with Gasteiger partial charge in [0.15, 0.2) is 0 Å². The minimum absolute atomic E-state index is 0. The van der Waals surface area contributed by atoms with Crippen molar-refractivity contribution in [3.8, 4) is 0 Å². The van der Waals surface area contributed by atoms with E-state index >= 15 is 0 Å². The number of aliphatic carboxylic acids is 3. The van der Waals surface area contributed by atoms with Crippen LogP contribution in [0.5, 0.6) is 0 Å². The zero-order valence-electron chi connectivity index (χ0n) is 12.2. The second kappa shape index (κ2) is 17.3. The lowest BCUT2D eigenvalue weighted by atomic mass is 10.1. The van der Waals surface area contributed by atoms with Gasteiger partial charge >= 0.3 is 17.9 Å². The maximum atomic E-state index is 10.1. The molecule has 0 heterocycles. The average molecular weight is 329 g/mol. The van der Waals surface area contributed by atoms with Crippen LogP contribution in [0.4, 0.5) is 0 Å². The predicted octanol–water partition coefficient (Wildman–Crippen LogP) is -2.86. The normalized spacial score (nSPS) is 11.6. The van der Waals surface area contributed by atoms with Gasteiger partial charge in [-0.3, -0.25) is 14.4 Å². The fourth-order valence-corrected chi connectivity index (χ4v) is 1.03. The first-order chi connectivity index (χ1) is 9.22. The number of rotatable bonds is 9. The molecule has 0 radical (unpaired) electrons. The molecule has 134 valence electrons. The van der Waals surface area contributed by atoms with Crippen LogP contribution in [-0.2, 0) is 14.4 Å². The first-order valence-electron chi connectivity index (χ1n) is 6.11. The van der Waals surface area contributed by atoms with Gasteiger partial charge in [-0.1, -0.05) is 6.42 Å². The Morgan fingerprint density at radius 1 is 0.818 bits per heavy atom. The molecule has 11 nitrogen and oxygen atoms in total. The number of unbranched alkanes of at least 4 members (excludes halogenated alkanes) is 1. The van der Waals surface area contributed by atoms with Crippen LogP contribution < -0.4 is 17.2 Å². The Labute approximate surface area is 127 Å². The summed E-state index contributed by atoms with van der Waals surface area (Å²) in [6.07, 6.45) is 1.94. The van der Waals surface area contributed by atoms with Gasteiger partial charge < -0.3 is 43.5 Å². The molecule has 0 bridgehead atoms. The number of carboxylic acids is 3. The van der Waals surface area contributed by atoms with Gasteiger partial charge in [0.1, 0.15) is 12.1 Å². The van der Waals surface area contributed by atoms with E-state index in [1.165, 1.54) is 0 Å². The number of carboxylic acid groups (broad SMARTS) is 3. The van der Waals surface area contributed by atoms with Crippen molar-refractivity contribution in [1.82, 2.24) is 0 Å². The summed E-state index contributed by atoms with van der Waals surface area (Å²) in [4.78, 5) is 30.0. The van der Waals surface area contributed by atoms with Gasteiger partial charge in [-0.15, -0.1) is 0 Å². The van der Waals surface area contributed by atoms with Crippen molar-refractivity contribution < 1.29 is 40.7 Å². The van der Waals surface area contributed by atoms with Crippen molar-refractivity contribution in [2.45, 2.75) is 44.2 Å². The molecule has 0 saturated heterocycles. The van der Waals surface area contributed by atoms with Crippen LogP contribution in [0.25, 0.3) is 0 Å². The monoisotopic (exact) mass is 329 g/mol. The molecule has 0 saturated carbocycles. The molecule has 0 spiro atoms. The van der Waals surface area contributed by atoms with Crippen LogP contribution in [0.1, 0.15) is 32.1 Å². The summed E-state index contributed by atoms with van der Waals surface area (Å²) in [6, 6.07) is -1.78. The fourth-order valence-electron chi connectivity index (χ4n) is 1.03. The number of hydrogen-bond donors (Lipinski definition) is 6. The lowest BCUT2D eigenvalue weighted by Gasteiger charge is -2.03.